The van der Waals surface area contributed by atoms with E-state index in [1.54, 1.807) is 6.33 Å². The van der Waals surface area contributed by atoms with Crippen LogP contribution in [0.5, 0.6) is 0 Å². The number of halogens is 3. The van der Waals surface area contributed by atoms with Crippen molar-refractivity contribution < 1.29 is 27.4 Å². The summed E-state index contributed by atoms with van der Waals surface area (Å²) < 4.78 is 48.0. The van der Waals surface area contributed by atoms with Gasteiger partial charge in [-0.3, -0.25) is 4.74 Å². The molecule has 6 nitrogen and oxygen atoms in total. The molecule has 2 bridgehead atoms. The molecule has 1 aromatic heterocycles. The molecule has 0 unspecified atom stereocenters. The number of nitrogens with zero attached hydrogens (tertiary/aromatic N) is 2. The van der Waals surface area contributed by atoms with E-state index in [9.17, 15) is 18.0 Å². The van der Waals surface area contributed by atoms with Gasteiger partial charge in [0.05, 0.1) is 29.2 Å². The molecular formula is C18H24F3N3O3. The summed E-state index contributed by atoms with van der Waals surface area (Å²) in [6.45, 7) is 5.48. The Morgan fingerprint density at radius 1 is 1.26 bits per heavy atom. The van der Waals surface area contributed by atoms with Crippen LogP contribution in [0.2, 0.25) is 0 Å². The fourth-order valence-electron chi connectivity index (χ4n) is 4.56. The molecule has 5 rings (SSSR count). The van der Waals surface area contributed by atoms with Crippen LogP contribution >= 0.6 is 0 Å². The maximum Gasteiger partial charge on any atom is 0.522 e. The Morgan fingerprint density at radius 2 is 1.89 bits per heavy atom. The van der Waals surface area contributed by atoms with Crippen molar-refractivity contribution in [3.8, 4) is 0 Å². The van der Waals surface area contributed by atoms with Gasteiger partial charge in [-0.25, -0.2) is 9.78 Å². The highest BCUT2D eigenvalue weighted by Crippen LogP contribution is 2.65. The predicted octanol–water partition coefficient (Wildman–Crippen LogP) is 3.82. The molecule has 0 aliphatic heterocycles. The largest absolute Gasteiger partial charge is 0.522 e. The van der Waals surface area contributed by atoms with Gasteiger partial charge in [-0.15, -0.1) is 13.2 Å². The van der Waals surface area contributed by atoms with Crippen LogP contribution in [0.1, 0.15) is 64.5 Å². The van der Waals surface area contributed by atoms with E-state index in [0.717, 1.165) is 25.0 Å². The number of alkyl carbamates (subject to hydrolysis) is 1. The fraction of sp³-hybridized carbons (Fsp3) is 0.778. The Balaban J connectivity index is 1.28. The monoisotopic (exact) mass is 387 g/mol. The lowest BCUT2D eigenvalue weighted by atomic mass is 9.44. The van der Waals surface area contributed by atoms with Crippen LogP contribution in [0.3, 0.4) is 0 Å². The molecule has 1 amide bonds. The van der Waals surface area contributed by atoms with Crippen molar-refractivity contribution >= 4 is 6.09 Å². The van der Waals surface area contributed by atoms with E-state index in [4.69, 9.17) is 4.74 Å². The quantitative estimate of drug-likeness (QED) is 0.853. The highest BCUT2D eigenvalue weighted by molar-refractivity contribution is 5.70. The molecule has 4 fully saturated rings. The number of aromatic nitrogens is 2. The van der Waals surface area contributed by atoms with Crippen molar-refractivity contribution in [2.75, 3.05) is 0 Å². The molecule has 4 saturated carbocycles. The Hall–Kier alpha value is -1.77. The molecule has 150 valence electrons. The molecule has 4 aliphatic rings. The van der Waals surface area contributed by atoms with Crippen molar-refractivity contribution in [3.05, 3.63) is 18.2 Å². The van der Waals surface area contributed by atoms with E-state index in [1.165, 1.54) is 0 Å². The molecule has 0 aromatic carbocycles. The van der Waals surface area contributed by atoms with Crippen LogP contribution in [0.4, 0.5) is 18.0 Å². The van der Waals surface area contributed by atoms with Gasteiger partial charge >= 0.3 is 12.5 Å². The minimum atomic E-state index is -4.57. The van der Waals surface area contributed by atoms with Gasteiger partial charge in [-0.1, -0.05) is 0 Å². The first kappa shape index (κ1) is 18.6. The minimum absolute atomic E-state index is 0.0137. The summed E-state index contributed by atoms with van der Waals surface area (Å²) in [7, 11) is 0. The summed E-state index contributed by atoms with van der Waals surface area (Å²) in [6.07, 6.45) is 1.09. The first-order valence-corrected chi connectivity index (χ1v) is 9.17. The summed E-state index contributed by atoms with van der Waals surface area (Å²) >= 11 is 0. The third-order valence-corrected chi connectivity index (χ3v) is 5.73. The van der Waals surface area contributed by atoms with Crippen LogP contribution < -0.4 is 5.32 Å². The van der Waals surface area contributed by atoms with Crippen LogP contribution in [-0.4, -0.2) is 39.3 Å². The van der Waals surface area contributed by atoms with Gasteiger partial charge in [-0.2, -0.15) is 0 Å². The number of amides is 1. The van der Waals surface area contributed by atoms with Crippen molar-refractivity contribution in [1.82, 2.24) is 14.9 Å². The fourth-order valence-corrected chi connectivity index (χ4v) is 4.56. The summed E-state index contributed by atoms with van der Waals surface area (Å²) in [5, 5.41) is 2.97. The van der Waals surface area contributed by atoms with Crippen LogP contribution in [0.15, 0.2) is 12.5 Å². The van der Waals surface area contributed by atoms with E-state index in [1.807, 2.05) is 27.0 Å². The smallest absolute Gasteiger partial charge is 0.444 e. The van der Waals surface area contributed by atoms with E-state index < -0.39 is 24.2 Å². The van der Waals surface area contributed by atoms with E-state index >= 15 is 0 Å². The summed E-state index contributed by atoms with van der Waals surface area (Å²) in [4.78, 5) is 16.3. The Kier molecular flexibility index (Phi) is 3.87. The molecule has 1 N–H and O–H groups in total. The lowest BCUT2D eigenvalue weighted by Gasteiger charge is -2.70. The Bertz CT molecular complexity index is 727. The zero-order chi connectivity index (χ0) is 19.7. The van der Waals surface area contributed by atoms with Gasteiger partial charge in [0.2, 0.25) is 0 Å². The Labute approximate surface area is 155 Å². The van der Waals surface area contributed by atoms with Crippen molar-refractivity contribution in [3.63, 3.8) is 0 Å². The molecule has 0 atom stereocenters. The summed E-state index contributed by atoms with van der Waals surface area (Å²) in [6, 6.07) is 0. The predicted molar refractivity (Wildman–Crippen MR) is 89.1 cm³/mol. The third-order valence-electron chi connectivity index (χ3n) is 5.73. The highest BCUT2D eigenvalue weighted by atomic mass is 19.4. The molecule has 1 aromatic rings. The summed E-state index contributed by atoms with van der Waals surface area (Å²) in [5.41, 5.74) is 0.0535. The number of hydrogen-bond acceptors (Lipinski definition) is 4. The van der Waals surface area contributed by atoms with Crippen LogP contribution in [-0.2, 0) is 15.0 Å². The second-order valence-electron chi connectivity index (χ2n) is 9.22. The lowest BCUT2D eigenvalue weighted by molar-refractivity contribution is -0.351. The number of ether oxygens (including phenoxy) is 2. The zero-order valence-electron chi connectivity index (χ0n) is 15.6. The average molecular weight is 387 g/mol. The van der Waals surface area contributed by atoms with Crippen molar-refractivity contribution in [2.24, 2.45) is 0 Å². The molecule has 9 heteroatoms. The normalized spacial score (nSPS) is 34.9. The average Bonchev–Trinajstić information content (AvgIpc) is 2.81. The first-order chi connectivity index (χ1) is 12.4. The van der Waals surface area contributed by atoms with Gasteiger partial charge in [-0.05, 0) is 52.9 Å². The number of hydrogen-bond donors (Lipinski definition) is 1. The van der Waals surface area contributed by atoms with Gasteiger partial charge < -0.3 is 14.6 Å². The SMILES string of the molecule is CC(C)(C)OC(=O)NC12CC(n3cnc(C4CC(OC(F)(F)F)C4)c3)(C1)C2. The molecule has 4 aliphatic carbocycles. The maximum atomic E-state index is 12.2. The second-order valence-corrected chi connectivity index (χ2v) is 9.22. The van der Waals surface area contributed by atoms with Gasteiger partial charge in [0.15, 0.2) is 0 Å². The molecule has 0 saturated heterocycles. The van der Waals surface area contributed by atoms with Gasteiger partial charge in [0, 0.05) is 12.1 Å². The lowest BCUT2D eigenvalue weighted by Crippen LogP contribution is -2.78. The third kappa shape index (κ3) is 3.53. The molecule has 0 spiro atoms. The number of nitrogens with one attached hydrogen (secondary N) is 1. The number of alkyl halides is 3. The Morgan fingerprint density at radius 3 is 2.44 bits per heavy atom. The minimum Gasteiger partial charge on any atom is -0.444 e. The van der Waals surface area contributed by atoms with Gasteiger partial charge in [0.25, 0.3) is 0 Å². The van der Waals surface area contributed by atoms with Crippen LogP contribution in [0.25, 0.3) is 0 Å². The molecule has 27 heavy (non-hydrogen) atoms. The molecule has 0 radical (unpaired) electrons. The molecular weight excluding hydrogens is 363 g/mol. The number of imidazole rings is 1. The number of rotatable bonds is 4. The van der Waals surface area contributed by atoms with E-state index in [0.29, 0.717) is 12.8 Å². The highest BCUT2D eigenvalue weighted by Gasteiger charge is 2.70. The second kappa shape index (κ2) is 5.62. The summed E-state index contributed by atoms with van der Waals surface area (Å²) in [5.74, 6) is 0.0137. The zero-order valence-corrected chi connectivity index (χ0v) is 15.6. The van der Waals surface area contributed by atoms with Gasteiger partial charge in [0.1, 0.15) is 5.60 Å². The van der Waals surface area contributed by atoms with E-state index in [2.05, 4.69) is 19.6 Å². The first-order valence-electron chi connectivity index (χ1n) is 9.17. The maximum absolute atomic E-state index is 12.2. The topological polar surface area (TPSA) is 65.4 Å². The molecule has 1 heterocycles. The van der Waals surface area contributed by atoms with Crippen LogP contribution in [0, 0.1) is 0 Å². The standard InChI is InChI=1S/C18H24F3N3O3/c1-15(2,3)27-14(25)23-16-7-17(8-16,9-16)24-6-13(22-10-24)11-4-12(5-11)26-18(19,20)21/h6,10-12H,4-5,7-9H2,1-3H3,(H,23,25). The number of carbonyl (C=O) groups excluding carboxylic acids is 1. The van der Waals surface area contributed by atoms with Crippen molar-refractivity contribution in [1.29, 1.82) is 0 Å². The van der Waals surface area contributed by atoms with Crippen molar-refractivity contribution in [2.45, 2.75) is 87.9 Å². The number of carbonyl (C=O) groups is 1. The van der Waals surface area contributed by atoms with E-state index in [-0.39, 0.29) is 17.0 Å².